The number of primary amides is 1. The van der Waals surface area contributed by atoms with E-state index in [0.29, 0.717) is 23.2 Å². The Kier molecular flexibility index (Phi) is 6.38. The maximum absolute atomic E-state index is 13.3. The highest BCUT2D eigenvalue weighted by molar-refractivity contribution is 7.99. The van der Waals surface area contributed by atoms with Gasteiger partial charge in [0.2, 0.25) is 5.91 Å². The van der Waals surface area contributed by atoms with E-state index in [1.54, 1.807) is 12.1 Å². The summed E-state index contributed by atoms with van der Waals surface area (Å²) in [4.78, 5) is 22.1. The average Bonchev–Trinajstić information content (AvgIpc) is 3.10. The maximum atomic E-state index is 13.3. The standard InChI is InChI=1S/C19H18FN5O2S/c20-14-10-8-13(9-11-14)17-23-24-19(25(17)15-5-2-1-3-6-15)28-12-4-7-16(26)22-18(21)27/h1-3,5-6,8-11H,4,7,12H2,(H3,21,22,26,27). The van der Waals surface area contributed by atoms with Gasteiger partial charge in [-0.1, -0.05) is 30.0 Å². The molecule has 9 heteroatoms. The van der Waals surface area contributed by atoms with E-state index >= 15 is 0 Å². The molecule has 0 spiro atoms. The molecule has 3 N–H and O–H groups in total. The molecule has 3 amide bonds. The molecule has 0 aliphatic carbocycles. The van der Waals surface area contributed by atoms with Crippen LogP contribution >= 0.6 is 11.8 Å². The molecule has 0 fully saturated rings. The summed E-state index contributed by atoms with van der Waals surface area (Å²) in [7, 11) is 0. The predicted molar refractivity (Wildman–Crippen MR) is 104 cm³/mol. The molecule has 28 heavy (non-hydrogen) atoms. The van der Waals surface area contributed by atoms with Gasteiger partial charge < -0.3 is 5.73 Å². The molecule has 144 valence electrons. The molecule has 0 saturated carbocycles. The molecule has 1 heterocycles. The third-order valence-corrected chi connectivity index (χ3v) is 4.81. The number of hydrogen-bond donors (Lipinski definition) is 2. The highest BCUT2D eigenvalue weighted by atomic mass is 32.2. The molecule has 0 radical (unpaired) electrons. The van der Waals surface area contributed by atoms with Crippen LogP contribution < -0.4 is 11.1 Å². The summed E-state index contributed by atoms with van der Waals surface area (Å²) in [5, 5.41) is 11.2. The Balaban J connectivity index is 1.79. The van der Waals surface area contributed by atoms with Gasteiger partial charge in [0.1, 0.15) is 5.82 Å². The number of nitrogens with zero attached hydrogens (tertiary/aromatic N) is 3. The molecule has 0 aliphatic heterocycles. The minimum Gasteiger partial charge on any atom is -0.351 e. The van der Waals surface area contributed by atoms with Crippen LogP contribution in [0, 0.1) is 5.82 Å². The van der Waals surface area contributed by atoms with Crippen molar-refractivity contribution >= 4 is 23.7 Å². The zero-order chi connectivity index (χ0) is 19.9. The van der Waals surface area contributed by atoms with E-state index in [1.165, 1.54) is 23.9 Å². The molecule has 2 aromatic carbocycles. The van der Waals surface area contributed by atoms with Crippen molar-refractivity contribution in [3.05, 3.63) is 60.4 Å². The lowest BCUT2D eigenvalue weighted by Crippen LogP contribution is -2.34. The Hall–Kier alpha value is -3.20. The van der Waals surface area contributed by atoms with Gasteiger partial charge in [0, 0.05) is 23.4 Å². The zero-order valence-electron chi connectivity index (χ0n) is 14.8. The molecule has 7 nitrogen and oxygen atoms in total. The van der Waals surface area contributed by atoms with Crippen LogP contribution in [0.1, 0.15) is 12.8 Å². The second kappa shape index (κ2) is 9.14. The van der Waals surface area contributed by atoms with E-state index in [1.807, 2.05) is 40.2 Å². The lowest BCUT2D eigenvalue weighted by atomic mass is 10.2. The van der Waals surface area contributed by atoms with Crippen LogP contribution in [0.25, 0.3) is 17.1 Å². The Morgan fingerprint density at radius 1 is 1.07 bits per heavy atom. The summed E-state index contributed by atoms with van der Waals surface area (Å²) in [6, 6.07) is 14.8. The SMILES string of the molecule is NC(=O)NC(=O)CCCSc1nnc(-c2ccc(F)cc2)n1-c1ccccc1. The maximum Gasteiger partial charge on any atom is 0.318 e. The van der Waals surface area contributed by atoms with Gasteiger partial charge in [0.15, 0.2) is 11.0 Å². The number of amides is 3. The van der Waals surface area contributed by atoms with Crippen molar-refractivity contribution in [3.63, 3.8) is 0 Å². The monoisotopic (exact) mass is 399 g/mol. The van der Waals surface area contributed by atoms with Crippen molar-refractivity contribution in [2.75, 3.05) is 5.75 Å². The number of rotatable bonds is 7. The summed E-state index contributed by atoms with van der Waals surface area (Å²) in [5.74, 6) is 0.462. The second-order valence-electron chi connectivity index (χ2n) is 5.85. The van der Waals surface area contributed by atoms with Crippen molar-refractivity contribution in [1.82, 2.24) is 20.1 Å². The number of urea groups is 1. The number of halogens is 1. The Bertz CT molecular complexity index is 960. The molecule has 3 aromatic rings. The van der Waals surface area contributed by atoms with Crippen LogP contribution in [0.5, 0.6) is 0 Å². The van der Waals surface area contributed by atoms with Crippen molar-refractivity contribution in [3.8, 4) is 17.1 Å². The van der Waals surface area contributed by atoms with Crippen molar-refractivity contribution < 1.29 is 14.0 Å². The highest BCUT2D eigenvalue weighted by Gasteiger charge is 2.16. The fourth-order valence-corrected chi connectivity index (χ4v) is 3.45. The molecule has 0 unspecified atom stereocenters. The first-order valence-corrected chi connectivity index (χ1v) is 9.52. The first-order valence-electron chi connectivity index (χ1n) is 8.53. The number of nitrogens with one attached hydrogen (secondary N) is 1. The number of carbonyl (C=O) groups excluding carboxylic acids is 2. The number of benzene rings is 2. The predicted octanol–water partition coefficient (Wildman–Crippen LogP) is 3.14. The Morgan fingerprint density at radius 3 is 2.46 bits per heavy atom. The van der Waals surface area contributed by atoms with Gasteiger partial charge in [-0.15, -0.1) is 10.2 Å². The van der Waals surface area contributed by atoms with Crippen LogP contribution in [0.15, 0.2) is 59.8 Å². The summed E-state index contributed by atoms with van der Waals surface area (Å²) in [6.07, 6.45) is 0.720. The smallest absolute Gasteiger partial charge is 0.318 e. The van der Waals surface area contributed by atoms with Gasteiger partial charge in [-0.3, -0.25) is 14.7 Å². The Morgan fingerprint density at radius 2 is 1.79 bits per heavy atom. The lowest BCUT2D eigenvalue weighted by molar-refractivity contribution is -0.119. The largest absolute Gasteiger partial charge is 0.351 e. The normalized spacial score (nSPS) is 10.6. The average molecular weight is 399 g/mol. The van der Waals surface area contributed by atoms with Gasteiger partial charge in [-0.05, 0) is 42.8 Å². The molecule has 1 aromatic heterocycles. The van der Waals surface area contributed by atoms with Gasteiger partial charge in [-0.25, -0.2) is 9.18 Å². The van der Waals surface area contributed by atoms with E-state index in [2.05, 4.69) is 10.2 Å². The Labute approximate surface area is 165 Å². The molecule has 3 rings (SSSR count). The van der Waals surface area contributed by atoms with Crippen molar-refractivity contribution in [2.45, 2.75) is 18.0 Å². The molecule has 0 atom stereocenters. The minimum absolute atomic E-state index is 0.181. The summed E-state index contributed by atoms with van der Waals surface area (Å²) < 4.78 is 15.2. The quantitative estimate of drug-likeness (QED) is 0.469. The van der Waals surface area contributed by atoms with E-state index in [4.69, 9.17) is 5.73 Å². The number of para-hydroxylation sites is 1. The van der Waals surface area contributed by atoms with E-state index < -0.39 is 11.9 Å². The van der Waals surface area contributed by atoms with Crippen LogP contribution in [0.4, 0.5) is 9.18 Å². The first kappa shape index (κ1) is 19.6. The van der Waals surface area contributed by atoms with Crippen LogP contribution in [-0.4, -0.2) is 32.5 Å². The van der Waals surface area contributed by atoms with Crippen LogP contribution in [0.2, 0.25) is 0 Å². The first-order chi connectivity index (χ1) is 13.5. The van der Waals surface area contributed by atoms with E-state index in [-0.39, 0.29) is 12.2 Å². The summed E-state index contributed by atoms with van der Waals surface area (Å²) in [6.45, 7) is 0. The van der Waals surface area contributed by atoms with Crippen molar-refractivity contribution in [1.29, 1.82) is 0 Å². The fraction of sp³-hybridized carbons (Fsp3) is 0.158. The molecule has 0 saturated heterocycles. The highest BCUT2D eigenvalue weighted by Crippen LogP contribution is 2.28. The van der Waals surface area contributed by atoms with Crippen LogP contribution in [-0.2, 0) is 4.79 Å². The van der Waals surface area contributed by atoms with Gasteiger partial charge in [-0.2, -0.15) is 0 Å². The molecule has 0 aliphatic rings. The number of aromatic nitrogens is 3. The molecular formula is C19H18FN5O2S. The topological polar surface area (TPSA) is 103 Å². The van der Waals surface area contributed by atoms with Crippen LogP contribution in [0.3, 0.4) is 0 Å². The third kappa shape index (κ3) is 4.95. The zero-order valence-corrected chi connectivity index (χ0v) is 15.7. The number of hydrogen-bond acceptors (Lipinski definition) is 5. The summed E-state index contributed by atoms with van der Waals surface area (Å²) in [5.41, 5.74) is 6.54. The summed E-state index contributed by atoms with van der Waals surface area (Å²) >= 11 is 1.44. The van der Waals surface area contributed by atoms with Crippen molar-refractivity contribution in [2.24, 2.45) is 5.73 Å². The lowest BCUT2D eigenvalue weighted by Gasteiger charge is -2.10. The van der Waals surface area contributed by atoms with E-state index in [0.717, 1.165) is 11.3 Å². The molecule has 0 bridgehead atoms. The van der Waals surface area contributed by atoms with Gasteiger partial charge >= 0.3 is 6.03 Å². The van der Waals surface area contributed by atoms with E-state index in [9.17, 15) is 14.0 Å². The number of imide groups is 1. The number of carbonyl (C=O) groups is 2. The molecular weight excluding hydrogens is 381 g/mol. The number of nitrogens with two attached hydrogens (primary N) is 1. The third-order valence-electron chi connectivity index (χ3n) is 3.79. The number of thioether (sulfide) groups is 1. The second-order valence-corrected chi connectivity index (χ2v) is 6.91. The fourth-order valence-electron chi connectivity index (χ4n) is 2.56. The van der Waals surface area contributed by atoms with Gasteiger partial charge in [0.25, 0.3) is 0 Å². The minimum atomic E-state index is -0.856. The van der Waals surface area contributed by atoms with Gasteiger partial charge in [0.05, 0.1) is 0 Å².